The third-order valence-electron chi connectivity index (χ3n) is 1.51. The van der Waals surface area contributed by atoms with Crippen LogP contribution in [-0.4, -0.2) is 17.3 Å². The van der Waals surface area contributed by atoms with Gasteiger partial charge in [-0.3, -0.25) is 4.79 Å². The molecular formula is C8H10OS. The number of aldehydes is 1. The maximum atomic E-state index is 9.80. The van der Waals surface area contributed by atoms with E-state index in [0.717, 1.165) is 6.42 Å². The van der Waals surface area contributed by atoms with Crippen LogP contribution >= 0.6 is 11.8 Å². The van der Waals surface area contributed by atoms with Gasteiger partial charge < -0.3 is 0 Å². The minimum Gasteiger partial charge on any atom is -0.289 e. The van der Waals surface area contributed by atoms with Crippen LogP contribution in [0.4, 0.5) is 0 Å². The number of hydrogen-bond acceptors (Lipinski definition) is 2. The highest BCUT2D eigenvalue weighted by Crippen LogP contribution is 2.27. The van der Waals surface area contributed by atoms with Crippen molar-refractivity contribution in [3.8, 4) is 11.8 Å². The van der Waals surface area contributed by atoms with Crippen LogP contribution < -0.4 is 0 Å². The summed E-state index contributed by atoms with van der Waals surface area (Å²) in [4.78, 5) is 9.80. The van der Waals surface area contributed by atoms with E-state index in [0.29, 0.717) is 11.5 Å². The molecule has 1 rings (SSSR count). The van der Waals surface area contributed by atoms with E-state index in [1.165, 1.54) is 18.6 Å². The van der Waals surface area contributed by atoms with Gasteiger partial charge in [0.15, 0.2) is 6.29 Å². The summed E-state index contributed by atoms with van der Waals surface area (Å²) in [6.45, 7) is 0. The minimum atomic E-state index is 0.666. The summed E-state index contributed by atoms with van der Waals surface area (Å²) in [7, 11) is 0. The Morgan fingerprint density at radius 3 is 3.20 bits per heavy atom. The molecule has 0 saturated carbocycles. The van der Waals surface area contributed by atoms with Gasteiger partial charge in [0, 0.05) is 11.7 Å². The Balaban J connectivity index is 2.18. The van der Waals surface area contributed by atoms with Crippen LogP contribution in [0.5, 0.6) is 0 Å². The zero-order chi connectivity index (χ0) is 7.23. The first kappa shape index (κ1) is 7.68. The predicted octanol–water partition coefficient (Wildman–Crippen LogP) is 1.47. The summed E-state index contributed by atoms with van der Waals surface area (Å²) in [5.74, 6) is 6.54. The summed E-state index contributed by atoms with van der Waals surface area (Å²) in [5, 5.41) is 0.701. The Labute approximate surface area is 65.6 Å². The molecule has 1 saturated heterocycles. The van der Waals surface area contributed by atoms with Gasteiger partial charge in [-0.15, -0.1) is 0 Å². The van der Waals surface area contributed by atoms with Crippen molar-refractivity contribution in [1.82, 2.24) is 0 Å². The largest absolute Gasteiger partial charge is 0.289 e. The molecule has 1 atom stereocenters. The lowest BCUT2D eigenvalue weighted by molar-refractivity contribution is -0.103. The molecule has 0 N–H and O–H groups in total. The number of carbonyl (C=O) groups is 1. The number of carbonyl (C=O) groups excluding carboxylic acids is 1. The Bertz CT molecular complexity index is 160. The van der Waals surface area contributed by atoms with Crippen LogP contribution in [0.15, 0.2) is 0 Å². The van der Waals surface area contributed by atoms with Crippen LogP contribution in [0.25, 0.3) is 0 Å². The molecule has 1 fully saturated rings. The molecule has 54 valence electrons. The van der Waals surface area contributed by atoms with Gasteiger partial charge in [0.2, 0.25) is 0 Å². The fraction of sp³-hybridized carbons (Fsp3) is 0.625. The van der Waals surface area contributed by atoms with Crippen molar-refractivity contribution in [2.45, 2.75) is 24.5 Å². The molecule has 1 aliphatic heterocycles. The Morgan fingerprint density at radius 1 is 1.70 bits per heavy atom. The molecule has 0 bridgehead atoms. The highest BCUT2D eigenvalue weighted by Gasteiger charge is 2.13. The first-order chi connectivity index (χ1) is 4.93. The van der Waals surface area contributed by atoms with Crippen molar-refractivity contribution in [3.05, 3.63) is 0 Å². The molecule has 1 unspecified atom stereocenters. The summed E-state index contributed by atoms with van der Waals surface area (Å²) in [5.41, 5.74) is 0. The van der Waals surface area contributed by atoms with E-state index in [1.807, 2.05) is 11.8 Å². The first-order valence-electron chi connectivity index (χ1n) is 3.47. The van der Waals surface area contributed by atoms with Gasteiger partial charge in [-0.1, -0.05) is 5.92 Å². The second kappa shape index (κ2) is 4.40. The molecule has 0 spiro atoms. The maximum absolute atomic E-state index is 9.80. The Kier molecular flexibility index (Phi) is 3.38. The van der Waals surface area contributed by atoms with E-state index < -0.39 is 0 Å². The lowest BCUT2D eigenvalue weighted by Gasteiger charge is -1.99. The van der Waals surface area contributed by atoms with Crippen molar-refractivity contribution in [2.75, 3.05) is 5.75 Å². The summed E-state index contributed by atoms with van der Waals surface area (Å²) < 4.78 is 0. The van der Waals surface area contributed by atoms with Gasteiger partial charge in [-0.05, 0) is 24.5 Å². The van der Waals surface area contributed by atoms with Crippen molar-refractivity contribution in [1.29, 1.82) is 0 Å². The summed E-state index contributed by atoms with van der Waals surface area (Å²) >= 11 is 1.97. The van der Waals surface area contributed by atoms with E-state index in [-0.39, 0.29) is 0 Å². The van der Waals surface area contributed by atoms with Crippen LogP contribution in [0.1, 0.15) is 19.3 Å². The van der Waals surface area contributed by atoms with Gasteiger partial charge in [0.05, 0.1) is 0 Å². The average molecular weight is 154 g/mol. The fourth-order valence-electron chi connectivity index (χ4n) is 1.02. The van der Waals surface area contributed by atoms with Gasteiger partial charge in [0.1, 0.15) is 0 Å². The molecule has 0 aromatic carbocycles. The molecule has 1 aliphatic rings. The van der Waals surface area contributed by atoms with Crippen molar-refractivity contribution < 1.29 is 4.79 Å². The zero-order valence-electron chi connectivity index (χ0n) is 5.80. The number of rotatable bonds is 1. The maximum Gasteiger partial charge on any atom is 0.192 e. The molecule has 0 radical (unpaired) electrons. The third-order valence-corrected chi connectivity index (χ3v) is 2.91. The van der Waals surface area contributed by atoms with Crippen LogP contribution in [0.2, 0.25) is 0 Å². The van der Waals surface area contributed by atoms with Gasteiger partial charge >= 0.3 is 0 Å². The second-order valence-corrected chi connectivity index (χ2v) is 3.69. The zero-order valence-corrected chi connectivity index (χ0v) is 6.62. The van der Waals surface area contributed by atoms with Crippen LogP contribution in [0.3, 0.4) is 0 Å². The lowest BCUT2D eigenvalue weighted by Crippen LogP contribution is -1.92. The van der Waals surface area contributed by atoms with E-state index in [1.54, 1.807) is 0 Å². The van der Waals surface area contributed by atoms with E-state index in [9.17, 15) is 4.79 Å². The molecule has 10 heavy (non-hydrogen) atoms. The highest BCUT2D eigenvalue weighted by molar-refractivity contribution is 8.00. The molecule has 1 heterocycles. The standard InChI is InChI=1S/C8H10OS/c9-6-2-1-4-8-5-3-7-10-8/h6,8H,3-5,7H2. The number of hydrogen-bond donors (Lipinski definition) is 0. The quantitative estimate of drug-likeness (QED) is 0.420. The van der Waals surface area contributed by atoms with Crippen LogP contribution in [-0.2, 0) is 4.79 Å². The molecule has 0 aromatic rings. The predicted molar refractivity (Wildman–Crippen MR) is 43.9 cm³/mol. The third kappa shape index (κ3) is 2.45. The average Bonchev–Trinajstić information content (AvgIpc) is 2.41. The molecule has 0 amide bonds. The molecular weight excluding hydrogens is 144 g/mol. The van der Waals surface area contributed by atoms with E-state index in [4.69, 9.17) is 0 Å². The second-order valence-electron chi connectivity index (χ2n) is 2.28. The van der Waals surface area contributed by atoms with Crippen LogP contribution in [0, 0.1) is 11.8 Å². The first-order valence-corrected chi connectivity index (χ1v) is 4.52. The lowest BCUT2D eigenvalue weighted by atomic mass is 10.2. The minimum absolute atomic E-state index is 0.666. The van der Waals surface area contributed by atoms with Crippen molar-refractivity contribution in [3.63, 3.8) is 0 Å². The van der Waals surface area contributed by atoms with E-state index >= 15 is 0 Å². The highest BCUT2D eigenvalue weighted by atomic mass is 32.2. The van der Waals surface area contributed by atoms with Gasteiger partial charge in [-0.2, -0.15) is 11.8 Å². The monoisotopic (exact) mass is 154 g/mol. The summed E-state index contributed by atoms with van der Waals surface area (Å²) in [6.07, 6.45) is 4.15. The number of thioether (sulfide) groups is 1. The fourth-order valence-corrected chi connectivity index (χ4v) is 2.22. The topological polar surface area (TPSA) is 17.1 Å². The Morgan fingerprint density at radius 2 is 2.60 bits per heavy atom. The van der Waals surface area contributed by atoms with E-state index in [2.05, 4.69) is 11.8 Å². The SMILES string of the molecule is O=CC#CCC1CCCS1. The smallest absolute Gasteiger partial charge is 0.192 e. The molecule has 2 heteroatoms. The molecule has 0 aliphatic carbocycles. The van der Waals surface area contributed by atoms with Crippen molar-refractivity contribution in [2.24, 2.45) is 0 Å². The normalized spacial score (nSPS) is 23.4. The summed E-state index contributed by atoms with van der Waals surface area (Å²) in [6, 6.07) is 0. The molecule has 0 aromatic heterocycles. The molecule has 1 nitrogen and oxygen atoms in total. The van der Waals surface area contributed by atoms with Gasteiger partial charge in [0.25, 0.3) is 0 Å². The Hall–Kier alpha value is -0.420. The van der Waals surface area contributed by atoms with Crippen molar-refractivity contribution >= 4 is 18.0 Å². The van der Waals surface area contributed by atoms with Gasteiger partial charge in [-0.25, -0.2) is 0 Å².